The van der Waals surface area contributed by atoms with E-state index in [4.69, 9.17) is 0 Å². The van der Waals surface area contributed by atoms with Crippen LogP contribution in [-0.4, -0.2) is 10.9 Å². The standard InChI is InChI=1S/C16H17BrN2O2/c1-3-14(11-4-6-12(17)7-5-11)19-16(21)13-9-18-10(2)8-15(13)20/h4-9,14H,3H2,1-2H3,(H,18,20)(H,19,21). The first-order valence-electron chi connectivity index (χ1n) is 6.77. The number of halogens is 1. The second-order valence-electron chi connectivity index (χ2n) is 4.88. The van der Waals surface area contributed by atoms with Crippen molar-refractivity contribution in [2.24, 2.45) is 0 Å². The lowest BCUT2D eigenvalue weighted by Gasteiger charge is -2.17. The minimum atomic E-state index is -0.356. The van der Waals surface area contributed by atoms with Crippen LogP contribution in [0.1, 0.15) is 41.0 Å². The number of H-pyrrole nitrogens is 1. The minimum absolute atomic E-state index is 0.119. The Morgan fingerprint density at radius 1 is 1.33 bits per heavy atom. The van der Waals surface area contributed by atoms with Crippen LogP contribution in [0.3, 0.4) is 0 Å². The van der Waals surface area contributed by atoms with Gasteiger partial charge in [-0.3, -0.25) is 9.59 Å². The molecule has 0 aliphatic heterocycles. The Morgan fingerprint density at radius 2 is 2.00 bits per heavy atom. The third kappa shape index (κ3) is 3.82. The Morgan fingerprint density at radius 3 is 2.57 bits per heavy atom. The number of rotatable bonds is 4. The van der Waals surface area contributed by atoms with Gasteiger partial charge in [0.25, 0.3) is 5.91 Å². The molecule has 4 nitrogen and oxygen atoms in total. The van der Waals surface area contributed by atoms with Crippen molar-refractivity contribution in [1.82, 2.24) is 10.3 Å². The van der Waals surface area contributed by atoms with Gasteiger partial charge in [-0.15, -0.1) is 0 Å². The molecule has 0 spiro atoms. The number of aromatic amines is 1. The highest BCUT2D eigenvalue weighted by atomic mass is 79.9. The van der Waals surface area contributed by atoms with E-state index in [9.17, 15) is 9.59 Å². The zero-order valence-electron chi connectivity index (χ0n) is 11.9. The highest BCUT2D eigenvalue weighted by molar-refractivity contribution is 9.10. The molecule has 1 aromatic heterocycles. The van der Waals surface area contributed by atoms with Crippen LogP contribution >= 0.6 is 15.9 Å². The fraction of sp³-hybridized carbons (Fsp3) is 0.250. The minimum Gasteiger partial charge on any atom is -0.364 e. The summed E-state index contributed by atoms with van der Waals surface area (Å²) in [5, 5.41) is 2.90. The number of amides is 1. The Kier molecular flexibility index (Phi) is 4.96. The van der Waals surface area contributed by atoms with Gasteiger partial charge < -0.3 is 10.3 Å². The predicted molar refractivity (Wildman–Crippen MR) is 86.4 cm³/mol. The molecule has 0 aliphatic rings. The summed E-state index contributed by atoms with van der Waals surface area (Å²) in [4.78, 5) is 27.0. The molecule has 1 amide bonds. The van der Waals surface area contributed by atoms with Crippen LogP contribution in [0, 0.1) is 6.92 Å². The molecule has 2 N–H and O–H groups in total. The summed E-state index contributed by atoms with van der Waals surface area (Å²) in [5.41, 5.74) is 1.61. The van der Waals surface area contributed by atoms with Crippen molar-refractivity contribution in [3.05, 3.63) is 68.0 Å². The van der Waals surface area contributed by atoms with Crippen LogP contribution in [0.25, 0.3) is 0 Å². The van der Waals surface area contributed by atoms with Gasteiger partial charge in [-0.05, 0) is 31.0 Å². The van der Waals surface area contributed by atoms with Crippen LogP contribution in [0.2, 0.25) is 0 Å². The van der Waals surface area contributed by atoms with Crippen LogP contribution in [-0.2, 0) is 0 Å². The fourth-order valence-electron chi connectivity index (χ4n) is 2.10. The first kappa shape index (κ1) is 15.5. The monoisotopic (exact) mass is 348 g/mol. The third-order valence-corrected chi connectivity index (χ3v) is 3.82. The van der Waals surface area contributed by atoms with Crippen molar-refractivity contribution in [1.29, 1.82) is 0 Å². The summed E-state index contributed by atoms with van der Waals surface area (Å²) >= 11 is 3.39. The van der Waals surface area contributed by atoms with E-state index in [1.807, 2.05) is 31.2 Å². The molecule has 0 saturated carbocycles. The van der Waals surface area contributed by atoms with Gasteiger partial charge in [0.1, 0.15) is 5.56 Å². The first-order valence-corrected chi connectivity index (χ1v) is 7.56. The summed E-state index contributed by atoms with van der Waals surface area (Å²) in [6, 6.07) is 9.09. The van der Waals surface area contributed by atoms with Gasteiger partial charge in [-0.25, -0.2) is 0 Å². The molecule has 110 valence electrons. The van der Waals surface area contributed by atoms with E-state index in [0.29, 0.717) is 0 Å². The molecule has 0 fully saturated rings. The summed E-state index contributed by atoms with van der Waals surface area (Å²) in [5.74, 6) is -0.356. The van der Waals surface area contributed by atoms with Gasteiger partial charge in [0.15, 0.2) is 5.43 Å². The first-order chi connectivity index (χ1) is 10.0. The van der Waals surface area contributed by atoms with Crippen molar-refractivity contribution in [2.45, 2.75) is 26.3 Å². The maximum Gasteiger partial charge on any atom is 0.257 e. The Bertz CT molecular complexity index is 692. The van der Waals surface area contributed by atoms with E-state index in [-0.39, 0.29) is 22.9 Å². The van der Waals surface area contributed by atoms with Gasteiger partial charge in [0, 0.05) is 22.4 Å². The molecule has 0 aliphatic carbocycles. The molecule has 0 bridgehead atoms. The van der Waals surface area contributed by atoms with E-state index < -0.39 is 0 Å². The number of hydrogen-bond acceptors (Lipinski definition) is 2. The predicted octanol–water partition coefficient (Wildman–Crippen LogP) is 3.33. The maximum atomic E-state index is 12.2. The van der Waals surface area contributed by atoms with Gasteiger partial charge in [-0.2, -0.15) is 0 Å². The SMILES string of the molecule is CCC(NC(=O)c1c[nH]c(C)cc1=O)c1ccc(Br)cc1. The number of benzene rings is 1. The van der Waals surface area contributed by atoms with Crippen molar-refractivity contribution < 1.29 is 4.79 Å². The third-order valence-electron chi connectivity index (χ3n) is 3.29. The second kappa shape index (κ2) is 6.72. The van der Waals surface area contributed by atoms with Gasteiger partial charge >= 0.3 is 0 Å². The Labute approximate surface area is 131 Å². The van der Waals surface area contributed by atoms with Crippen LogP contribution in [0.4, 0.5) is 0 Å². The molecule has 1 unspecified atom stereocenters. The molecule has 1 aromatic carbocycles. The number of hydrogen-bond donors (Lipinski definition) is 2. The summed E-state index contributed by atoms with van der Waals surface area (Å²) < 4.78 is 0.988. The van der Waals surface area contributed by atoms with Crippen molar-refractivity contribution in [3.8, 4) is 0 Å². The van der Waals surface area contributed by atoms with E-state index in [2.05, 4.69) is 26.2 Å². The zero-order chi connectivity index (χ0) is 15.4. The van der Waals surface area contributed by atoms with Crippen LogP contribution in [0.5, 0.6) is 0 Å². The number of aryl methyl sites for hydroxylation is 1. The van der Waals surface area contributed by atoms with Crippen molar-refractivity contribution in [2.75, 3.05) is 0 Å². The lowest BCUT2D eigenvalue weighted by molar-refractivity contribution is 0.0934. The van der Waals surface area contributed by atoms with Gasteiger partial charge in [-0.1, -0.05) is 35.0 Å². The smallest absolute Gasteiger partial charge is 0.257 e. The van der Waals surface area contributed by atoms with Crippen molar-refractivity contribution >= 4 is 21.8 Å². The summed E-state index contributed by atoms with van der Waals surface area (Å²) in [6.45, 7) is 3.77. The summed E-state index contributed by atoms with van der Waals surface area (Å²) in [6.07, 6.45) is 2.21. The zero-order valence-corrected chi connectivity index (χ0v) is 13.5. The average Bonchev–Trinajstić information content (AvgIpc) is 2.45. The molecule has 2 aromatic rings. The number of pyridine rings is 1. The van der Waals surface area contributed by atoms with E-state index in [1.165, 1.54) is 12.3 Å². The molecule has 1 atom stereocenters. The fourth-order valence-corrected chi connectivity index (χ4v) is 2.37. The van der Waals surface area contributed by atoms with E-state index >= 15 is 0 Å². The van der Waals surface area contributed by atoms with E-state index in [1.54, 1.807) is 6.92 Å². The number of carbonyl (C=O) groups is 1. The molecule has 21 heavy (non-hydrogen) atoms. The topological polar surface area (TPSA) is 62.0 Å². The van der Waals surface area contributed by atoms with E-state index in [0.717, 1.165) is 22.2 Å². The second-order valence-corrected chi connectivity index (χ2v) is 5.80. The molecule has 0 saturated heterocycles. The Balaban J connectivity index is 2.20. The lowest BCUT2D eigenvalue weighted by atomic mass is 10.0. The number of aromatic nitrogens is 1. The molecular formula is C16H17BrN2O2. The average molecular weight is 349 g/mol. The molecular weight excluding hydrogens is 332 g/mol. The lowest BCUT2D eigenvalue weighted by Crippen LogP contribution is -2.32. The van der Waals surface area contributed by atoms with Gasteiger partial charge in [0.05, 0.1) is 6.04 Å². The van der Waals surface area contributed by atoms with Crippen LogP contribution in [0.15, 0.2) is 45.8 Å². The normalized spacial score (nSPS) is 12.0. The maximum absolute atomic E-state index is 12.2. The Hall–Kier alpha value is -1.88. The summed E-state index contributed by atoms with van der Waals surface area (Å²) in [7, 11) is 0. The molecule has 0 radical (unpaired) electrons. The number of nitrogens with one attached hydrogen (secondary N) is 2. The molecule has 1 heterocycles. The van der Waals surface area contributed by atoms with Crippen molar-refractivity contribution in [3.63, 3.8) is 0 Å². The highest BCUT2D eigenvalue weighted by Crippen LogP contribution is 2.19. The molecule has 5 heteroatoms. The number of carbonyl (C=O) groups excluding carboxylic acids is 1. The molecule has 2 rings (SSSR count). The quantitative estimate of drug-likeness (QED) is 0.890. The van der Waals surface area contributed by atoms with Gasteiger partial charge in [0.2, 0.25) is 0 Å². The largest absolute Gasteiger partial charge is 0.364 e. The van der Waals surface area contributed by atoms with Crippen LogP contribution < -0.4 is 10.7 Å². The highest BCUT2D eigenvalue weighted by Gasteiger charge is 2.16.